The third kappa shape index (κ3) is 2.87. The molecule has 2 heterocycles. The quantitative estimate of drug-likeness (QED) is 0.917. The first-order valence-electron chi connectivity index (χ1n) is 5.71. The molecule has 0 bridgehead atoms. The maximum absolute atomic E-state index is 12.2. The van der Waals surface area contributed by atoms with Crippen LogP contribution in [0, 0.1) is 0 Å². The summed E-state index contributed by atoms with van der Waals surface area (Å²) in [7, 11) is 0. The minimum absolute atomic E-state index is 0.0675. The summed E-state index contributed by atoms with van der Waals surface area (Å²) in [5, 5.41) is 1.99. The van der Waals surface area contributed by atoms with Gasteiger partial charge in [0.25, 0.3) is 5.91 Å². The van der Waals surface area contributed by atoms with Crippen molar-refractivity contribution in [2.24, 2.45) is 0 Å². The molecule has 0 aliphatic rings. The van der Waals surface area contributed by atoms with Crippen molar-refractivity contribution >= 4 is 17.2 Å². The van der Waals surface area contributed by atoms with Gasteiger partial charge in [-0.15, -0.1) is 11.3 Å². The van der Waals surface area contributed by atoms with Crippen LogP contribution in [0.15, 0.2) is 40.6 Å². The second-order valence-electron chi connectivity index (χ2n) is 3.84. The first-order valence-corrected chi connectivity index (χ1v) is 6.59. The number of carbonyl (C=O) groups is 1. The molecule has 5 heteroatoms. The van der Waals surface area contributed by atoms with Gasteiger partial charge < -0.3 is 9.88 Å². The maximum atomic E-state index is 12.2. The highest BCUT2D eigenvalue weighted by molar-refractivity contribution is 7.09. The van der Waals surface area contributed by atoms with Gasteiger partial charge in [-0.1, -0.05) is 6.07 Å². The molecular weight excluding hydrogens is 248 g/mol. The summed E-state index contributed by atoms with van der Waals surface area (Å²) >= 11 is 1.63. The monoisotopic (exact) mass is 262 g/mol. The van der Waals surface area contributed by atoms with Crippen LogP contribution in [-0.2, 0) is 6.54 Å². The first-order chi connectivity index (χ1) is 8.70. The summed E-state index contributed by atoms with van der Waals surface area (Å²) in [6.45, 7) is 3.18. The Bertz CT molecular complexity index is 554. The number of aromatic nitrogens is 1. The number of nitrogens with zero attached hydrogens (tertiary/aromatic N) is 1. The van der Waals surface area contributed by atoms with E-state index in [1.54, 1.807) is 22.3 Å². The Kier molecular flexibility index (Phi) is 3.94. The third-order valence-corrected chi connectivity index (χ3v) is 3.49. The molecule has 0 unspecified atom stereocenters. The fraction of sp³-hybridized carbons (Fsp3) is 0.231. The zero-order valence-electron chi connectivity index (χ0n) is 10.1. The van der Waals surface area contributed by atoms with Crippen LogP contribution in [-0.4, -0.2) is 22.3 Å². The zero-order chi connectivity index (χ0) is 13.0. The summed E-state index contributed by atoms with van der Waals surface area (Å²) in [6, 6.07) is 6.90. The van der Waals surface area contributed by atoms with Crippen LogP contribution in [0.3, 0.4) is 0 Å². The summed E-state index contributed by atoms with van der Waals surface area (Å²) in [5.74, 6) is -0.0675. The predicted octanol–water partition coefficient (Wildman–Crippen LogP) is 2.10. The third-order valence-electron chi connectivity index (χ3n) is 2.63. The number of carbonyl (C=O) groups excluding carboxylic acids is 1. The molecule has 94 valence electrons. The van der Waals surface area contributed by atoms with Gasteiger partial charge in [-0.05, 0) is 24.4 Å². The van der Waals surface area contributed by atoms with Crippen LogP contribution in [0.1, 0.15) is 22.2 Å². The smallest absolute Gasteiger partial charge is 0.255 e. The molecule has 0 spiro atoms. The lowest BCUT2D eigenvalue weighted by molar-refractivity contribution is 0.0753. The average molecular weight is 262 g/mol. The first kappa shape index (κ1) is 12.6. The number of amides is 1. The van der Waals surface area contributed by atoms with Crippen molar-refractivity contribution in [1.29, 1.82) is 0 Å². The van der Waals surface area contributed by atoms with Crippen molar-refractivity contribution in [3.05, 3.63) is 56.6 Å². The number of H-pyrrole nitrogens is 1. The highest BCUT2D eigenvalue weighted by Crippen LogP contribution is 2.13. The number of hydrogen-bond acceptors (Lipinski definition) is 3. The van der Waals surface area contributed by atoms with Gasteiger partial charge in [0.15, 0.2) is 0 Å². The lowest BCUT2D eigenvalue weighted by atomic mass is 10.2. The average Bonchev–Trinajstić information content (AvgIpc) is 2.89. The molecule has 0 saturated heterocycles. The van der Waals surface area contributed by atoms with Crippen LogP contribution < -0.4 is 5.56 Å². The molecule has 0 atom stereocenters. The van der Waals surface area contributed by atoms with E-state index in [1.807, 2.05) is 24.4 Å². The Morgan fingerprint density at radius 3 is 2.78 bits per heavy atom. The Morgan fingerprint density at radius 2 is 2.22 bits per heavy atom. The van der Waals surface area contributed by atoms with Crippen molar-refractivity contribution < 1.29 is 4.79 Å². The highest BCUT2D eigenvalue weighted by atomic mass is 32.1. The van der Waals surface area contributed by atoms with Gasteiger partial charge in [-0.25, -0.2) is 0 Å². The van der Waals surface area contributed by atoms with E-state index in [2.05, 4.69) is 4.98 Å². The van der Waals surface area contributed by atoms with E-state index in [1.165, 1.54) is 12.3 Å². The molecule has 0 aliphatic carbocycles. The van der Waals surface area contributed by atoms with Crippen LogP contribution >= 0.6 is 11.3 Å². The molecule has 0 aromatic carbocycles. The molecule has 18 heavy (non-hydrogen) atoms. The minimum atomic E-state index is -0.201. The summed E-state index contributed by atoms with van der Waals surface area (Å²) in [4.78, 5) is 28.6. The van der Waals surface area contributed by atoms with E-state index in [9.17, 15) is 9.59 Å². The van der Waals surface area contributed by atoms with Gasteiger partial charge >= 0.3 is 0 Å². The SMILES string of the molecule is CCN(Cc1cccs1)C(=O)c1ccc(=O)[nH]c1. The summed E-state index contributed by atoms with van der Waals surface area (Å²) < 4.78 is 0. The molecule has 0 radical (unpaired) electrons. The predicted molar refractivity (Wildman–Crippen MR) is 71.8 cm³/mol. The van der Waals surface area contributed by atoms with E-state index in [0.29, 0.717) is 18.7 Å². The van der Waals surface area contributed by atoms with E-state index in [4.69, 9.17) is 0 Å². The van der Waals surface area contributed by atoms with Gasteiger partial charge in [-0.3, -0.25) is 9.59 Å². The van der Waals surface area contributed by atoms with Crippen molar-refractivity contribution in [2.75, 3.05) is 6.54 Å². The summed E-state index contributed by atoms with van der Waals surface area (Å²) in [6.07, 6.45) is 1.46. The second-order valence-corrected chi connectivity index (χ2v) is 4.87. The van der Waals surface area contributed by atoms with Crippen LogP contribution in [0.2, 0.25) is 0 Å². The Balaban J connectivity index is 2.14. The molecule has 1 amide bonds. The molecule has 1 N–H and O–H groups in total. The molecule has 2 aromatic rings. The van der Waals surface area contributed by atoms with E-state index < -0.39 is 0 Å². The van der Waals surface area contributed by atoms with Crippen molar-refractivity contribution in [1.82, 2.24) is 9.88 Å². The van der Waals surface area contributed by atoms with Crippen molar-refractivity contribution in [2.45, 2.75) is 13.5 Å². The number of thiophene rings is 1. The van der Waals surface area contributed by atoms with Crippen LogP contribution in [0.5, 0.6) is 0 Å². The molecule has 4 nitrogen and oxygen atoms in total. The van der Waals surface area contributed by atoms with E-state index in [-0.39, 0.29) is 11.5 Å². The molecule has 2 aromatic heterocycles. The number of pyridine rings is 1. The minimum Gasteiger partial charge on any atom is -0.334 e. The Hall–Kier alpha value is -1.88. The van der Waals surface area contributed by atoms with Gasteiger partial charge in [-0.2, -0.15) is 0 Å². The molecule has 0 saturated carbocycles. The lowest BCUT2D eigenvalue weighted by Gasteiger charge is -2.19. The van der Waals surface area contributed by atoms with Gasteiger partial charge in [0, 0.05) is 23.7 Å². The Morgan fingerprint density at radius 1 is 1.39 bits per heavy atom. The highest BCUT2D eigenvalue weighted by Gasteiger charge is 2.14. The van der Waals surface area contributed by atoms with Gasteiger partial charge in [0.05, 0.1) is 12.1 Å². The molecular formula is C13H14N2O2S. The topological polar surface area (TPSA) is 53.2 Å². The summed E-state index contributed by atoms with van der Waals surface area (Å²) in [5.41, 5.74) is 0.306. The maximum Gasteiger partial charge on any atom is 0.255 e. The molecule has 2 rings (SSSR count). The second kappa shape index (κ2) is 5.64. The van der Waals surface area contributed by atoms with Crippen LogP contribution in [0.4, 0.5) is 0 Å². The van der Waals surface area contributed by atoms with Crippen LogP contribution in [0.25, 0.3) is 0 Å². The zero-order valence-corrected chi connectivity index (χ0v) is 10.9. The number of hydrogen-bond donors (Lipinski definition) is 1. The lowest BCUT2D eigenvalue weighted by Crippen LogP contribution is -2.30. The number of aromatic amines is 1. The fourth-order valence-electron chi connectivity index (χ4n) is 1.64. The molecule has 0 fully saturated rings. The van der Waals surface area contributed by atoms with E-state index >= 15 is 0 Å². The van der Waals surface area contributed by atoms with Crippen molar-refractivity contribution in [3.63, 3.8) is 0 Å². The largest absolute Gasteiger partial charge is 0.334 e. The fourth-order valence-corrected chi connectivity index (χ4v) is 2.36. The number of rotatable bonds is 4. The normalized spacial score (nSPS) is 10.3. The number of nitrogens with one attached hydrogen (secondary N) is 1. The van der Waals surface area contributed by atoms with Crippen molar-refractivity contribution in [3.8, 4) is 0 Å². The molecule has 0 aliphatic heterocycles. The Labute approximate surface area is 109 Å². The van der Waals surface area contributed by atoms with Gasteiger partial charge in [0.1, 0.15) is 0 Å². The van der Waals surface area contributed by atoms with E-state index in [0.717, 1.165) is 4.88 Å². The van der Waals surface area contributed by atoms with Gasteiger partial charge in [0.2, 0.25) is 5.56 Å². The standard InChI is InChI=1S/C13H14N2O2S/c1-2-15(9-11-4-3-7-18-11)13(17)10-5-6-12(16)14-8-10/h3-8H,2,9H2,1H3,(H,14,16).